The third-order valence-corrected chi connectivity index (χ3v) is 8.37. The Balaban J connectivity index is 1.16. The number of anilines is 2. The van der Waals surface area contributed by atoms with E-state index in [2.05, 4.69) is 47.1 Å². The molecule has 1 aromatic heterocycles. The zero-order chi connectivity index (χ0) is 27.5. The molecule has 0 aliphatic carbocycles. The molecule has 3 heterocycles. The summed E-state index contributed by atoms with van der Waals surface area (Å²) in [6, 6.07) is 29.8. The van der Waals surface area contributed by atoms with Crippen molar-refractivity contribution in [1.29, 1.82) is 0 Å². The SMILES string of the molecule is Cc1ccc(CN2C(=O)/C(=C\c3ccc(C(=O)N4CCN(c5ccccn5)CC4)cc3)Sc3ccccc32)cc1. The second-order valence-electron chi connectivity index (χ2n) is 10.0. The molecule has 6 nitrogen and oxygen atoms in total. The number of rotatable bonds is 5. The van der Waals surface area contributed by atoms with E-state index in [1.54, 1.807) is 6.20 Å². The van der Waals surface area contributed by atoms with Gasteiger partial charge in [0, 0.05) is 42.8 Å². The van der Waals surface area contributed by atoms with Crippen LogP contribution in [0.3, 0.4) is 0 Å². The van der Waals surface area contributed by atoms with Gasteiger partial charge in [0.2, 0.25) is 0 Å². The minimum Gasteiger partial charge on any atom is -0.353 e. The Morgan fingerprint density at radius 2 is 1.60 bits per heavy atom. The number of hydrogen-bond donors (Lipinski definition) is 0. The number of aryl methyl sites for hydroxylation is 1. The number of piperazine rings is 1. The van der Waals surface area contributed by atoms with Crippen LogP contribution in [0.4, 0.5) is 11.5 Å². The standard InChI is InChI=1S/C33H30N4O2S/c1-24-9-11-26(12-10-24)23-37-28-6-2-3-7-29(28)40-30(33(37)39)22-25-13-15-27(16-14-25)32(38)36-20-18-35(19-21-36)31-8-4-5-17-34-31/h2-17,22H,18-21,23H2,1H3/b30-22+. The van der Waals surface area contributed by atoms with Crippen LogP contribution in [0.25, 0.3) is 6.08 Å². The van der Waals surface area contributed by atoms with Gasteiger partial charge in [-0.05, 0) is 60.5 Å². The number of pyridine rings is 1. The highest BCUT2D eigenvalue weighted by molar-refractivity contribution is 8.04. The van der Waals surface area contributed by atoms with Crippen molar-refractivity contribution in [1.82, 2.24) is 9.88 Å². The number of para-hydroxylation sites is 1. The molecule has 0 spiro atoms. The highest BCUT2D eigenvalue weighted by atomic mass is 32.2. The summed E-state index contributed by atoms with van der Waals surface area (Å²) in [5.41, 5.74) is 4.76. The van der Waals surface area contributed by atoms with Gasteiger partial charge in [0.15, 0.2) is 0 Å². The number of nitrogens with zero attached hydrogens (tertiary/aromatic N) is 4. The van der Waals surface area contributed by atoms with Crippen LogP contribution in [-0.4, -0.2) is 47.9 Å². The summed E-state index contributed by atoms with van der Waals surface area (Å²) in [6.07, 6.45) is 3.72. The molecule has 0 atom stereocenters. The van der Waals surface area contributed by atoms with Gasteiger partial charge in [-0.25, -0.2) is 4.98 Å². The minimum atomic E-state index is -0.0183. The molecule has 4 aromatic rings. The smallest absolute Gasteiger partial charge is 0.265 e. The Morgan fingerprint density at radius 1 is 0.875 bits per heavy atom. The van der Waals surface area contributed by atoms with Crippen molar-refractivity contribution in [2.75, 3.05) is 36.0 Å². The van der Waals surface area contributed by atoms with Gasteiger partial charge in [-0.1, -0.05) is 71.9 Å². The van der Waals surface area contributed by atoms with Crippen LogP contribution in [-0.2, 0) is 11.3 Å². The summed E-state index contributed by atoms with van der Waals surface area (Å²) in [5, 5.41) is 0. The molecule has 0 radical (unpaired) electrons. The van der Waals surface area contributed by atoms with Gasteiger partial charge in [-0.3, -0.25) is 9.59 Å². The summed E-state index contributed by atoms with van der Waals surface area (Å²) >= 11 is 1.49. The van der Waals surface area contributed by atoms with Gasteiger partial charge < -0.3 is 14.7 Å². The van der Waals surface area contributed by atoms with Crippen LogP contribution in [0.1, 0.15) is 27.0 Å². The first-order valence-corrected chi connectivity index (χ1v) is 14.3. The predicted octanol–water partition coefficient (Wildman–Crippen LogP) is 6.03. The van der Waals surface area contributed by atoms with Crippen molar-refractivity contribution < 1.29 is 9.59 Å². The molecule has 0 unspecified atom stereocenters. The van der Waals surface area contributed by atoms with Crippen molar-refractivity contribution in [2.45, 2.75) is 18.4 Å². The lowest BCUT2D eigenvalue weighted by atomic mass is 10.1. The van der Waals surface area contributed by atoms with Crippen molar-refractivity contribution >= 4 is 41.2 Å². The first-order valence-electron chi connectivity index (χ1n) is 13.5. The lowest BCUT2D eigenvalue weighted by Gasteiger charge is -2.35. The fourth-order valence-electron chi connectivity index (χ4n) is 5.03. The largest absolute Gasteiger partial charge is 0.353 e. The number of carbonyl (C=O) groups excluding carboxylic acids is 2. The zero-order valence-electron chi connectivity index (χ0n) is 22.4. The van der Waals surface area contributed by atoms with E-state index >= 15 is 0 Å². The summed E-state index contributed by atoms with van der Waals surface area (Å²) in [5.74, 6) is 0.957. The van der Waals surface area contributed by atoms with Crippen LogP contribution in [0.5, 0.6) is 0 Å². The van der Waals surface area contributed by atoms with Crippen molar-refractivity contribution in [2.24, 2.45) is 0 Å². The second-order valence-corrected chi connectivity index (χ2v) is 11.1. The Hall–Kier alpha value is -4.36. The molecule has 3 aromatic carbocycles. The summed E-state index contributed by atoms with van der Waals surface area (Å²) in [6.45, 7) is 5.39. The number of thioether (sulfide) groups is 1. The fourth-order valence-corrected chi connectivity index (χ4v) is 6.09. The molecule has 0 saturated carbocycles. The van der Waals surface area contributed by atoms with Crippen LogP contribution in [0.2, 0.25) is 0 Å². The maximum Gasteiger partial charge on any atom is 0.265 e. The summed E-state index contributed by atoms with van der Waals surface area (Å²) in [4.78, 5) is 38.9. The van der Waals surface area contributed by atoms with Gasteiger partial charge in [0.05, 0.1) is 17.1 Å². The van der Waals surface area contributed by atoms with E-state index in [-0.39, 0.29) is 11.8 Å². The molecular formula is C33H30N4O2S. The molecule has 2 amide bonds. The molecule has 1 fully saturated rings. The Bertz CT molecular complexity index is 1540. The lowest BCUT2D eigenvalue weighted by molar-refractivity contribution is -0.114. The van der Waals surface area contributed by atoms with E-state index in [1.807, 2.05) is 76.5 Å². The Kier molecular flexibility index (Phi) is 7.38. The van der Waals surface area contributed by atoms with E-state index in [0.717, 1.165) is 40.6 Å². The third kappa shape index (κ3) is 5.51. The normalized spacial score (nSPS) is 16.3. The first kappa shape index (κ1) is 25.9. The molecule has 2 aliphatic rings. The number of fused-ring (bicyclic) bond motifs is 1. The maximum absolute atomic E-state index is 13.6. The van der Waals surface area contributed by atoms with Crippen molar-refractivity contribution in [3.05, 3.63) is 124 Å². The summed E-state index contributed by atoms with van der Waals surface area (Å²) in [7, 11) is 0. The highest BCUT2D eigenvalue weighted by Gasteiger charge is 2.29. The second kappa shape index (κ2) is 11.4. The van der Waals surface area contributed by atoms with Gasteiger partial charge in [-0.15, -0.1) is 0 Å². The average molecular weight is 547 g/mol. The fraction of sp³-hybridized carbons (Fsp3) is 0.182. The van der Waals surface area contributed by atoms with E-state index < -0.39 is 0 Å². The van der Waals surface area contributed by atoms with Crippen LogP contribution >= 0.6 is 11.8 Å². The van der Waals surface area contributed by atoms with E-state index in [4.69, 9.17) is 0 Å². The van der Waals surface area contributed by atoms with Gasteiger partial charge in [-0.2, -0.15) is 0 Å². The molecule has 200 valence electrons. The number of amides is 2. The van der Waals surface area contributed by atoms with Crippen molar-refractivity contribution in [3.8, 4) is 0 Å². The van der Waals surface area contributed by atoms with Crippen molar-refractivity contribution in [3.63, 3.8) is 0 Å². The van der Waals surface area contributed by atoms with Gasteiger partial charge in [0.25, 0.3) is 11.8 Å². The molecule has 2 aliphatic heterocycles. The van der Waals surface area contributed by atoms with Crippen LogP contribution < -0.4 is 9.80 Å². The highest BCUT2D eigenvalue weighted by Crippen LogP contribution is 2.42. The van der Waals surface area contributed by atoms with E-state index in [1.165, 1.54) is 17.3 Å². The van der Waals surface area contributed by atoms with Gasteiger partial charge >= 0.3 is 0 Å². The number of aromatic nitrogens is 1. The van der Waals surface area contributed by atoms with Crippen LogP contribution in [0.15, 0.2) is 107 Å². The molecule has 0 bridgehead atoms. The molecule has 6 rings (SSSR count). The predicted molar refractivity (Wildman–Crippen MR) is 161 cm³/mol. The first-order chi connectivity index (χ1) is 19.5. The van der Waals surface area contributed by atoms with Crippen LogP contribution in [0, 0.1) is 6.92 Å². The Morgan fingerprint density at radius 3 is 2.33 bits per heavy atom. The minimum absolute atomic E-state index is 0.0183. The quantitative estimate of drug-likeness (QED) is 0.286. The maximum atomic E-state index is 13.6. The lowest BCUT2D eigenvalue weighted by Crippen LogP contribution is -2.49. The number of benzene rings is 3. The van der Waals surface area contributed by atoms with E-state index in [0.29, 0.717) is 30.1 Å². The van der Waals surface area contributed by atoms with Gasteiger partial charge in [0.1, 0.15) is 5.82 Å². The molecular weight excluding hydrogens is 516 g/mol. The summed E-state index contributed by atoms with van der Waals surface area (Å²) < 4.78 is 0. The average Bonchev–Trinajstić information content (AvgIpc) is 3.01. The zero-order valence-corrected chi connectivity index (χ0v) is 23.2. The Labute approximate surface area is 238 Å². The number of carbonyl (C=O) groups is 2. The molecule has 1 saturated heterocycles. The molecule has 0 N–H and O–H groups in total. The third-order valence-electron chi connectivity index (χ3n) is 7.29. The molecule has 40 heavy (non-hydrogen) atoms. The molecule has 7 heteroatoms. The topological polar surface area (TPSA) is 56.8 Å². The van der Waals surface area contributed by atoms with E-state index in [9.17, 15) is 9.59 Å². The monoisotopic (exact) mass is 546 g/mol. The number of hydrogen-bond acceptors (Lipinski definition) is 5.